The predicted octanol–water partition coefficient (Wildman–Crippen LogP) is 2.27. The Hall–Kier alpha value is -1.92. The largest absolute Gasteiger partial charge is 0.364 e. The Morgan fingerprint density at radius 1 is 1.33 bits per heavy atom. The van der Waals surface area contributed by atoms with Gasteiger partial charge in [-0.15, -0.1) is 0 Å². The van der Waals surface area contributed by atoms with E-state index >= 15 is 0 Å². The average Bonchev–Trinajstić information content (AvgIpc) is 2.29. The van der Waals surface area contributed by atoms with Crippen molar-refractivity contribution in [1.29, 1.82) is 0 Å². The molecule has 1 rings (SSSR count). The second kappa shape index (κ2) is 6.13. The molecule has 1 aromatic heterocycles. The van der Waals surface area contributed by atoms with E-state index < -0.39 is 4.92 Å². The van der Waals surface area contributed by atoms with Crippen molar-refractivity contribution in [2.75, 3.05) is 17.2 Å². The van der Waals surface area contributed by atoms with Gasteiger partial charge in [0.15, 0.2) is 0 Å². The van der Waals surface area contributed by atoms with Crippen LogP contribution in [0.3, 0.4) is 0 Å². The van der Waals surface area contributed by atoms with Crippen LogP contribution in [0.25, 0.3) is 0 Å². The molecule has 2 N–H and O–H groups in total. The van der Waals surface area contributed by atoms with Crippen molar-refractivity contribution in [3.8, 4) is 0 Å². The van der Waals surface area contributed by atoms with Crippen LogP contribution in [0.2, 0.25) is 0 Å². The van der Waals surface area contributed by atoms with Crippen molar-refractivity contribution < 1.29 is 4.92 Å². The molecule has 0 radical (unpaired) electrons. The third-order valence-electron chi connectivity index (χ3n) is 2.71. The molecular weight excluding hydrogens is 234 g/mol. The number of hydrogen-bond donors (Lipinski definition) is 2. The van der Waals surface area contributed by atoms with Gasteiger partial charge in [0.1, 0.15) is 6.33 Å². The quantitative estimate of drug-likeness (QED) is 0.596. The van der Waals surface area contributed by atoms with Gasteiger partial charge >= 0.3 is 5.69 Å². The fourth-order valence-corrected chi connectivity index (χ4v) is 1.34. The minimum absolute atomic E-state index is 0.0908. The molecule has 1 heterocycles. The normalized spacial score (nSPS) is 12.3. The summed E-state index contributed by atoms with van der Waals surface area (Å²) in [5.74, 6) is 0.852. The summed E-state index contributed by atoms with van der Waals surface area (Å²) in [6, 6.07) is 0.0908. The number of hydrogen-bond acceptors (Lipinski definition) is 6. The first-order valence-corrected chi connectivity index (χ1v) is 5.97. The summed E-state index contributed by atoms with van der Waals surface area (Å²) in [6.07, 6.45) is 1.32. The van der Waals surface area contributed by atoms with Crippen LogP contribution in [0.1, 0.15) is 27.7 Å². The summed E-state index contributed by atoms with van der Waals surface area (Å²) < 4.78 is 0. The molecule has 7 heteroatoms. The summed E-state index contributed by atoms with van der Waals surface area (Å²) in [7, 11) is 0. The topological polar surface area (TPSA) is 93.0 Å². The molecule has 1 aromatic rings. The second-order valence-electron chi connectivity index (χ2n) is 4.38. The highest BCUT2D eigenvalue weighted by molar-refractivity contribution is 5.69. The van der Waals surface area contributed by atoms with E-state index in [1.807, 2.05) is 27.7 Å². The van der Waals surface area contributed by atoms with Gasteiger partial charge < -0.3 is 10.6 Å². The molecule has 18 heavy (non-hydrogen) atoms. The van der Waals surface area contributed by atoms with E-state index in [9.17, 15) is 10.1 Å². The molecule has 7 nitrogen and oxygen atoms in total. The van der Waals surface area contributed by atoms with Gasteiger partial charge in [-0.3, -0.25) is 10.1 Å². The molecule has 0 aliphatic carbocycles. The predicted molar refractivity (Wildman–Crippen MR) is 70.8 cm³/mol. The third kappa shape index (κ3) is 3.28. The molecule has 0 spiro atoms. The summed E-state index contributed by atoms with van der Waals surface area (Å²) in [4.78, 5) is 18.5. The molecule has 0 saturated heterocycles. The number of aromatic nitrogens is 2. The van der Waals surface area contributed by atoms with E-state index in [4.69, 9.17) is 0 Å². The van der Waals surface area contributed by atoms with Crippen molar-refractivity contribution >= 4 is 17.3 Å². The van der Waals surface area contributed by atoms with Crippen molar-refractivity contribution in [1.82, 2.24) is 9.97 Å². The Kier molecular flexibility index (Phi) is 4.82. The Balaban J connectivity index is 3.10. The van der Waals surface area contributed by atoms with Gasteiger partial charge in [0.25, 0.3) is 0 Å². The fourth-order valence-electron chi connectivity index (χ4n) is 1.34. The Morgan fingerprint density at radius 2 is 1.94 bits per heavy atom. The zero-order chi connectivity index (χ0) is 13.7. The molecule has 0 saturated carbocycles. The third-order valence-corrected chi connectivity index (χ3v) is 2.71. The summed E-state index contributed by atoms with van der Waals surface area (Å²) in [5, 5.41) is 17.0. The van der Waals surface area contributed by atoms with Crippen molar-refractivity contribution in [2.24, 2.45) is 5.92 Å². The molecule has 100 valence electrons. The molecule has 1 atom stereocenters. The summed E-state index contributed by atoms with van der Waals surface area (Å²) in [5.41, 5.74) is -0.105. The summed E-state index contributed by atoms with van der Waals surface area (Å²) >= 11 is 0. The molecule has 0 aliphatic heterocycles. The zero-order valence-electron chi connectivity index (χ0n) is 11.1. The van der Waals surface area contributed by atoms with Gasteiger partial charge in [0, 0.05) is 12.6 Å². The molecule has 0 bridgehead atoms. The number of rotatable bonds is 6. The maximum atomic E-state index is 11.1. The molecule has 0 amide bonds. The van der Waals surface area contributed by atoms with E-state index in [0.717, 1.165) is 0 Å². The van der Waals surface area contributed by atoms with Crippen LogP contribution in [0.4, 0.5) is 17.3 Å². The van der Waals surface area contributed by atoms with Crippen LogP contribution in [-0.4, -0.2) is 27.5 Å². The van der Waals surface area contributed by atoms with Gasteiger partial charge in [0.2, 0.25) is 11.6 Å². The first-order valence-electron chi connectivity index (χ1n) is 5.97. The highest BCUT2D eigenvalue weighted by atomic mass is 16.6. The van der Waals surface area contributed by atoms with Crippen LogP contribution in [0.15, 0.2) is 6.33 Å². The molecular formula is C11H19N5O2. The van der Waals surface area contributed by atoms with E-state index in [1.165, 1.54) is 6.33 Å². The Morgan fingerprint density at radius 3 is 2.44 bits per heavy atom. The lowest BCUT2D eigenvalue weighted by atomic mass is 10.1. The van der Waals surface area contributed by atoms with Crippen LogP contribution in [0.5, 0.6) is 0 Å². The SMILES string of the molecule is CCNc1ncnc(NC(C)C(C)C)c1[N+](=O)[O-]. The number of nitro groups is 1. The van der Waals surface area contributed by atoms with Crippen LogP contribution >= 0.6 is 0 Å². The lowest BCUT2D eigenvalue weighted by molar-refractivity contribution is -0.383. The minimum atomic E-state index is -0.465. The van der Waals surface area contributed by atoms with Crippen LogP contribution in [0, 0.1) is 16.0 Å². The number of nitrogens with zero attached hydrogens (tertiary/aromatic N) is 3. The minimum Gasteiger partial charge on any atom is -0.364 e. The van der Waals surface area contributed by atoms with Gasteiger partial charge in [-0.1, -0.05) is 13.8 Å². The average molecular weight is 253 g/mol. The van der Waals surface area contributed by atoms with E-state index in [2.05, 4.69) is 20.6 Å². The number of anilines is 2. The zero-order valence-corrected chi connectivity index (χ0v) is 11.1. The van der Waals surface area contributed by atoms with Crippen molar-refractivity contribution in [2.45, 2.75) is 33.7 Å². The Labute approximate surface area is 106 Å². The smallest absolute Gasteiger partial charge is 0.353 e. The lowest BCUT2D eigenvalue weighted by Gasteiger charge is -2.18. The lowest BCUT2D eigenvalue weighted by Crippen LogP contribution is -2.23. The van der Waals surface area contributed by atoms with Crippen molar-refractivity contribution in [3.05, 3.63) is 16.4 Å². The van der Waals surface area contributed by atoms with Gasteiger partial charge in [-0.25, -0.2) is 9.97 Å². The highest BCUT2D eigenvalue weighted by Crippen LogP contribution is 2.29. The molecule has 1 unspecified atom stereocenters. The standard InChI is InChI=1S/C11H19N5O2/c1-5-12-10-9(16(17)18)11(14-6-13-10)15-8(4)7(2)3/h6-8H,5H2,1-4H3,(H2,12,13,14,15). The van der Waals surface area contributed by atoms with Gasteiger partial charge in [0.05, 0.1) is 4.92 Å². The first kappa shape index (κ1) is 14.1. The van der Waals surface area contributed by atoms with Crippen molar-refractivity contribution in [3.63, 3.8) is 0 Å². The van der Waals surface area contributed by atoms with E-state index in [0.29, 0.717) is 12.5 Å². The summed E-state index contributed by atoms with van der Waals surface area (Å²) in [6.45, 7) is 8.46. The molecule has 0 aromatic carbocycles. The Bertz CT molecular complexity index is 422. The fraction of sp³-hybridized carbons (Fsp3) is 0.636. The van der Waals surface area contributed by atoms with E-state index in [1.54, 1.807) is 0 Å². The molecule has 0 aliphatic rings. The highest BCUT2D eigenvalue weighted by Gasteiger charge is 2.23. The van der Waals surface area contributed by atoms with Gasteiger partial charge in [-0.2, -0.15) is 0 Å². The molecule has 0 fully saturated rings. The van der Waals surface area contributed by atoms with Gasteiger partial charge in [-0.05, 0) is 19.8 Å². The first-order chi connectivity index (χ1) is 8.47. The monoisotopic (exact) mass is 253 g/mol. The van der Waals surface area contributed by atoms with E-state index in [-0.39, 0.29) is 23.4 Å². The van der Waals surface area contributed by atoms with Crippen LogP contribution in [-0.2, 0) is 0 Å². The van der Waals surface area contributed by atoms with Crippen LogP contribution < -0.4 is 10.6 Å². The second-order valence-corrected chi connectivity index (χ2v) is 4.38. The maximum absolute atomic E-state index is 11.1. The number of nitrogens with one attached hydrogen (secondary N) is 2. The maximum Gasteiger partial charge on any atom is 0.353 e.